The first kappa shape index (κ1) is 14.3. The van der Waals surface area contributed by atoms with Crippen LogP contribution in [0, 0.1) is 13.8 Å². The maximum Gasteiger partial charge on any atom is 0.259 e. The Balaban J connectivity index is 1.85. The molecule has 1 aromatic carbocycles. The minimum atomic E-state index is -0.0254. The van der Waals surface area contributed by atoms with Crippen molar-refractivity contribution in [1.29, 1.82) is 0 Å². The van der Waals surface area contributed by atoms with Gasteiger partial charge in [-0.25, -0.2) is 4.98 Å². The van der Waals surface area contributed by atoms with Crippen molar-refractivity contribution >= 4 is 37.9 Å². The monoisotopic (exact) mass is 363 g/mol. The van der Waals surface area contributed by atoms with E-state index in [1.54, 1.807) is 10.5 Å². The lowest BCUT2D eigenvalue weighted by atomic mass is 10.2. The van der Waals surface area contributed by atoms with Crippen LogP contribution < -0.4 is 10.9 Å². The molecule has 2 aromatic heterocycles. The second-order valence-electron chi connectivity index (χ2n) is 4.90. The summed E-state index contributed by atoms with van der Waals surface area (Å²) in [4.78, 5) is 17.3. The van der Waals surface area contributed by atoms with Crippen molar-refractivity contribution in [1.82, 2.24) is 9.38 Å². The van der Waals surface area contributed by atoms with Gasteiger partial charge in [0.15, 0.2) is 4.96 Å². The molecule has 21 heavy (non-hydrogen) atoms. The van der Waals surface area contributed by atoms with Gasteiger partial charge in [0.05, 0.1) is 12.2 Å². The van der Waals surface area contributed by atoms with Gasteiger partial charge in [-0.3, -0.25) is 9.20 Å². The summed E-state index contributed by atoms with van der Waals surface area (Å²) in [5, 5.41) is 5.24. The second-order valence-corrected chi connectivity index (χ2v) is 6.59. The van der Waals surface area contributed by atoms with Crippen molar-refractivity contribution in [2.75, 3.05) is 5.32 Å². The fourth-order valence-corrected chi connectivity index (χ4v) is 3.28. The Morgan fingerprint density at radius 1 is 1.33 bits per heavy atom. The molecule has 6 heteroatoms. The number of aromatic nitrogens is 2. The zero-order chi connectivity index (χ0) is 15.0. The van der Waals surface area contributed by atoms with Crippen LogP contribution in [-0.2, 0) is 6.54 Å². The lowest BCUT2D eigenvalue weighted by molar-refractivity contribution is 0.965. The highest BCUT2D eigenvalue weighted by Gasteiger charge is 2.06. The van der Waals surface area contributed by atoms with Gasteiger partial charge in [0, 0.05) is 27.3 Å². The number of nitrogens with one attached hydrogen (secondary N) is 1. The van der Waals surface area contributed by atoms with Gasteiger partial charge in [-0.2, -0.15) is 0 Å². The molecule has 0 aliphatic rings. The zero-order valence-electron chi connectivity index (χ0n) is 11.7. The highest BCUT2D eigenvalue weighted by molar-refractivity contribution is 9.10. The normalized spacial score (nSPS) is 11.0. The zero-order valence-corrected chi connectivity index (χ0v) is 14.1. The molecule has 108 valence electrons. The van der Waals surface area contributed by atoms with Crippen LogP contribution in [0.4, 0.5) is 5.69 Å². The molecule has 3 aromatic rings. The molecule has 0 fully saturated rings. The summed E-state index contributed by atoms with van der Waals surface area (Å²) in [7, 11) is 0. The third-order valence-corrected chi connectivity index (χ3v) is 5.09. The van der Waals surface area contributed by atoms with Gasteiger partial charge >= 0.3 is 0 Å². The average molecular weight is 364 g/mol. The molecule has 0 unspecified atom stereocenters. The molecule has 3 rings (SSSR count). The first-order chi connectivity index (χ1) is 10.0. The molecular formula is C15H14BrN3OS. The van der Waals surface area contributed by atoms with Crippen molar-refractivity contribution in [3.8, 4) is 0 Å². The first-order valence-electron chi connectivity index (χ1n) is 6.51. The van der Waals surface area contributed by atoms with Crippen molar-refractivity contribution in [3.63, 3.8) is 0 Å². The van der Waals surface area contributed by atoms with Crippen molar-refractivity contribution in [2.24, 2.45) is 0 Å². The molecule has 4 nitrogen and oxygen atoms in total. The van der Waals surface area contributed by atoms with Crippen molar-refractivity contribution in [2.45, 2.75) is 20.4 Å². The Kier molecular flexibility index (Phi) is 3.82. The van der Waals surface area contributed by atoms with Crippen molar-refractivity contribution < 1.29 is 0 Å². The summed E-state index contributed by atoms with van der Waals surface area (Å²) in [6.07, 6.45) is 0. The fourth-order valence-electron chi connectivity index (χ4n) is 2.14. The van der Waals surface area contributed by atoms with E-state index >= 15 is 0 Å². The predicted octanol–water partition coefficient (Wildman–Crippen LogP) is 3.75. The lowest BCUT2D eigenvalue weighted by Gasteiger charge is -2.08. The second kappa shape index (κ2) is 5.61. The molecule has 0 saturated carbocycles. The Morgan fingerprint density at radius 2 is 2.14 bits per heavy atom. The molecule has 0 saturated heterocycles. The van der Waals surface area contributed by atoms with E-state index in [1.807, 2.05) is 31.4 Å². The average Bonchev–Trinajstić information content (AvgIpc) is 2.82. The van der Waals surface area contributed by atoms with Gasteiger partial charge in [-0.1, -0.05) is 15.9 Å². The Morgan fingerprint density at radius 3 is 2.90 bits per heavy atom. The minimum Gasteiger partial charge on any atom is -0.379 e. The van der Waals surface area contributed by atoms with Gasteiger partial charge < -0.3 is 5.32 Å². The topological polar surface area (TPSA) is 46.4 Å². The smallest absolute Gasteiger partial charge is 0.259 e. The van der Waals surface area contributed by atoms with Crippen LogP contribution in [0.25, 0.3) is 4.96 Å². The van der Waals surface area contributed by atoms with E-state index < -0.39 is 0 Å². The number of benzene rings is 1. The molecular weight excluding hydrogens is 350 g/mol. The van der Waals surface area contributed by atoms with Crippen LogP contribution in [0.15, 0.2) is 38.9 Å². The summed E-state index contributed by atoms with van der Waals surface area (Å²) in [5.74, 6) is 0. The number of aryl methyl sites for hydroxylation is 2. The SMILES string of the molecule is Cc1cc(NCc2cc(=O)n3c(C)csc3n2)ccc1Br. The molecule has 0 amide bonds. The number of nitrogens with zero attached hydrogens (tertiary/aromatic N) is 2. The van der Waals surface area contributed by atoms with Crippen LogP contribution in [-0.4, -0.2) is 9.38 Å². The van der Waals surface area contributed by atoms with Gasteiger partial charge in [-0.05, 0) is 37.6 Å². The number of halogens is 1. The maximum absolute atomic E-state index is 12.1. The van der Waals surface area contributed by atoms with E-state index in [0.29, 0.717) is 6.54 Å². The predicted molar refractivity (Wildman–Crippen MR) is 90.3 cm³/mol. The van der Waals surface area contributed by atoms with E-state index in [0.717, 1.165) is 32.1 Å². The third kappa shape index (κ3) is 2.87. The van der Waals surface area contributed by atoms with Gasteiger partial charge in [0.1, 0.15) is 0 Å². The van der Waals surface area contributed by atoms with Gasteiger partial charge in [-0.15, -0.1) is 11.3 Å². The maximum atomic E-state index is 12.1. The van der Waals surface area contributed by atoms with E-state index in [1.165, 1.54) is 11.3 Å². The quantitative estimate of drug-likeness (QED) is 0.770. The highest BCUT2D eigenvalue weighted by atomic mass is 79.9. The molecule has 0 atom stereocenters. The number of fused-ring (bicyclic) bond motifs is 1. The summed E-state index contributed by atoms with van der Waals surface area (Å²) < 4.78 is 2.72. The van der Waals surface area contributed by atoms with Crippen LogP contribution in [0.2, 0.25) is 0 Å². The molecule has 0 radical (unpaired) electrons. The highest BCUT2D eigenvalue weighted by Crippen LogP contribution is 2.20. The number of hydrogen-bond acceptors (Lipinski definition) is 4. The van der Waals surface area contributed by atoms with Crippen LogP contribution in [0.1, 0.15) is 17.0 Å². The van der Waals surface area contributed by atoms with Crippen LogP contribution in [0.3, 0.4) is 0 Å². The minimum absolute atomic E-state index is 0.0254. The molecule has 0 aliphatic heterocycles. The molecule has 0 spiro atoms. The molecule has 0 aliphatic carbocycles. The Labute approximate surface area is 134 Å². The van der Waals surface area contributed by atoms with E-state index in [2.05, 4.69) is 32.3 Å². The summed E-state index contributed by atoms with van der Waals surface area (Å²) in [5.41, 5.74) is 3.83. The van der Waals surface area contributed by atoms with Crippen LogP contribution >= 0.6 is 27.3 Å². The van der Waals surface area contributed by atoms with E-state index in [9.17, 15) is 4.79 Å². The molecule has 0 bridgehead atoms. The van der Waals surface area contributed by atoms with Gasteiger partial charge in [0.2, 0.25) is 0 Å². The first-order valence-corrected chi connectivity index (χ1v) is 8.18. The number of rotatable bonds is 3. The summed E-state index contributed by atoms with van der Waals surface area (Å²) in [6.45, 7) is 4.49. The summed E-state index contributed by atoms with van der Waals surface area (Å²) in [6, 6.07) is 7.65. The molecule has 2 heterocycles. The Bertz CT molecular complexity index is 869. The number of hydrogen-bond donors (Lipinski definition) is 1. The third-order valence-electron chi connectivity index (χ3n) is 3.26. The lowest BCUT2D eigenvalue weighted by Crippen LogP contribution is -2.16. The standard InChI is InChI=1S/C15H14BrN3OS/c1-9-5-11(3-4-13(9)16)17-7-12-6-14(20)19-10(2)8-21-15(19)18-12/h3-6,8,17H,7H2,1-2H3. The largest absolute Gasteiger partial charge is 0.379 e. The number of thiazole rings is 1. The fraction of sp³-hybridized carbons (Fsp3) is 0.200. The van der Waals surface area contributed by atoms with Gasteiger partial charge in [0.25, 0.3) is 5.56 Å². The Hall–Kier alpha value is -1.66. The summed E-state index contributed by atoms with van der Waals surface area (Å²) >= 11 is 4.97. The van der Waals surface area contributed by atoms with E-state index in [-0.39, 0.29) is 5.56 Å². The number of anilines is 1. The van der Waals surface area contributed by atoms with Crippen LogP contribution in [0.5, 0.6) is 0 Å². The molecule has 1 N–H and O–H groups in total. The van der Waals surface area contributed by atoms with Crippen molar-refractivity contribution in [3.05, 3.63) is 61.4 Å². The van der Waals surface area contributed by atoms with E-state index in [4.69, 9.17) is 0 Å².